The summed E-state index contributed by atoms with van der Waals surface area (Å²) in [6.07, 6.45) is 1.95. The maximum absolute atomic E-state index is 12.8. The van der Waals surface area contributed by atoms with Crippen LogP contribution in [-0.4, -0.2) is 15.0 Å². The first-order valence-electron chi connectivity index (χ1n) is 6.44. The van der Waals surface area contributed by atoms with Gasteiger partial charge in [0.2, 0.25) is 0 Å². The molecule has 0 radical (unpaired) electrons. The molecule has 0 amide bonds. The van der Waals surface area contributed by atoms with Crippen LogP contribution in [0.3, 0.4) is 0 Å². The Kier molecular flexibility index (Phi) is 3.10. The highest BCUT2D eigenvalue weighted by molar-refractivity contribution is 7.92. The van der Waals surface area contributed by atoms with Crippen molar-refractivity contribution in [1.29, 1.82) is 0 Å². The number of hydrogen-bond donors (Lipinski definition) is 0. The van der Waals surface area contributed by atoms with E-state index in [0.29, 0.717) is 11.4 Å². The monoisotopic (exact) mass is 285 g/mol. The molecule has 0 spiro atoms. The summed E-state index contributed by atoms with van der Waals surface area (Å²) in [6.45, 7) is 2.38. The highest BCUT2D eigenvalue weighted by Crippen LogP contribution is 2.34. The number of rotatable bonds is 2. The minimum atomic E-state index is -3.51. The molecule has 4 heteroatoms. The van der Waals surface area contributed by atoms with Gasteiger partial charge in [0, 0.05) is 5.56 Å². The fourth-order valence-corrected chi connectivity index (χ4v) is 3.84. The molecule has 1 aliphatic heterocycles. The zero-order chi connectivity index (χ0) is 14.2. The first kappa shape index (κ1) is 12.9. The normalized spacial score (nSPS) is 14.7. The zero-order valence-electron chi connectivity index (χ0n) is 11.2. The van der Waals surface area contributed by atoms with E-state index in [2.05, 4.69) is 0 Å². The molecule has 20 heavy (non-hydrogen) atoms. The largest absolute Gasteiger partial charge is 0.264 e. The molecule has 0 unspecified atom stereocenters. The van der Waals surface area contributed by atoms with Gasteiger partial charge >= 0.3 is 0 Å². The van der Waals surface area contributed by atoms with Crippen LogP contribution in [0.25, 0.3) is 5.57 Å². The van der Waals surface area contributed by atoms with Crippen molar-refractivity contribution in [2.24, 2.45) is 0 Å². The third-order valence-electron chi connectivity index (χ3n) is 3.49. The summed E-state index contributed by atoms with van der Waals surface area (Å²) in [5, 5.41) is 0. The summed E-state index contributed by atoms with van der Waals surface area (Å²) in [6, 6.07) is 16.1. The number of benzene rings is 2. The molecule has 0 fully saturated rings. The van der Waals surface area contributed by atoms with Crippen molar-refractivity contribution in [3.63, 3.8) is 0 Å². The Balaban J connectivity index is 2.13. The average Bonchev–Trinajstić information content (AvgIpc) is 2.48. The van der Waals surface area contributed by atoms with Crippen molar-refractivity contribution < 1.29 is 8.42 Å². The molecule has 0 saturated heterocycles. The topological polar surface area (TPSA) is 37.4 Å². The molecule has 0 bridgehead atoms. The van der Waals surface area contributed by atoms with Crippen LogP contribution >= 0.6 is 0 Å². The molecule has 0 saturated carbocycles. The Morgan fingerprint density at radius 2 is 1.60 bits per heavy atom. The van der Waals surface area contributed by atoms with E-state index in [1.165, 1.54) is 4.31 Å². The third-order valence-corrected chi connectivity index (χ3v) is 5.29. The van der Waals surface area contributed by atoms with Crippen molar-refractivity contribution in [3.05, 3.63) is 66.2 Å². The lowest BCUT2D eigenvalue weighted by atomic mass is 10.0. The van der Waals surface area contributed by atoms with Crippen LogP contribution in [0, 0.1) is 0 Å². The number of allylic oxidation sites excluding steroid dienone is 1. The molecule has 102 valence electrons. The van der Waals surface area contributed by atoms with Crippen LogP contribution in [0.2, 0.25) is 0 Å². The van der Waals surface area contributed by atoms with Crippen LogP contribution < -0.4 is 4.31 Å². The lowest BCUT2D eigenvalue weighted by Gasteiger charge is -2.29. The van der Waals surface area contributed by atoms with Gasteiger partial charge in [-0.25, -0.2) is 8.42 Å². The van der Waals surface area contributed by atoms with E-state index in [0.717, 1.165) is 16.8 Å². The molecule has 1 aliphatic rings. The molecule has 1 heterocycles. The number of sulfonamides is 1. The number of anilines is 1. The smallest absolute Gasteiger partial charge is 0.262 e. The third kappa shape index (κ3) is 2.02. The SMILES string of the molecule is CC1=CCN(S(=O)(=O)c2ccccc2)c2ccccc21. The van der Waals surface area contributed by atoms with Gasteiger partial charge in [-0.2, -0.15) is 0 Å². The summed E-state index contributed by atoms with van der Waals surface area (Å²) in [7, 11) is -3.51. The summed E-state index contributed by atoms with van der Waals surface area (Å²) in [5.74, 6) is 0. The van der Waals surface area contributed by atoms with Crippen LogP contribution in [-0.2, 0) is 10.0 Å². The number of fused-ring (bicyclic) bond motifs is 1. The second-order valence-corrected chi connectivity index (χ2v) is 6.62. The van der Waals surface area contributed by atoms with Gasteiger partial charge in [0.1, 0.15) is 0 Å². The molecule has 0 aliphatic carbocycles. The van der Waals surface area contributed by atoms with E-state index >= 15 is 0 Å². The van der Waals surface area contributed by atoms with E-state index in [4.69, 9.17) is 0 Å². The Morgan fingerprint density at radius 3 is 2.35 bits per heavy atom. The number of para-hydroxylation sites is 1. The van der Waals surface area contributed by atoms with Gasteiger partial charge < -0.3 is 0 Å². The molecule has 2 aromatic carbocycles. The van der Waals surface area contributed by atoms with E-state index in [1.54, 1.807) is 24.3 Å². The molecular formula is C16H15NO2S. The van der Waals surface area contributed by atoms with Crippen LogP contribution in [0.15, 0.2) is 65.6 Å². The van der Waals surface area contributed by atoms with Gasteiger partial charge in [0.15, 0.2) is 0 Å². The molecule has 0 N–H and O–H groups in total. The van der Waals surface area contributed by atoms with Gasteiger partial charge in [0.25, 0.3) is 10.0 Å². The van der Waals surface area contributed by atoms with Crippen molar-refractivity contribution in [2.45, 2.75) is 11.8 Å². The van der Waals surface area contributed by atoms with Crippen molar-refractivity contribution in [3.8, 4) is 0 Å². The Bertz CT molecular complexity index is 764. The van der Waals surface area contributed by atoms with Gasteiger partial charge in [0.05, 0.1) is 17.1 Å². The van der Waals surface area contributed by atoms with Gasteiger partial charge in [-0.15, -0.1) is 0 Å². The Morgan fingerprint density at radius 1 is 0.950 bits per heavy atom. The summed E-state index contributed by atoms with van der Waals surface area (Å²) < 4.78 is 27.0. The summed E-state index contributed by atoms with van der Waals surface area (Å²) >= 11 is 0. The predicted octanol–water partition coefficient (Wildman–Crippen LogP) is 3.30. The maximum atomic E-state index is 12.8. The standard InChI is InChI=1S/C16H15NO2S/c1-13-11-12-17(16-10-6-5-9-15(13)16)20(18,19)14-7-3-2-4-8-14/h2-11H,12H2,1H3. The zero-order valence-corrected chi connectivity index (χ0v) is 12.0. The average molecular weight is 285 g/mol. The molecule has 3 nitrogen and oxygen atoms in total. The molecule has 0 atom stereocenters. The fourth-order valence-electron chi connectivity index (χ4n) is 2.40. The maximum Gasteiger partial charge on any atom is 0.264 e. The Labute approximate surface area is 119 Å². The first-order valence-corrected chi connectivity index (χ1v) is 7.88. The van der Waals surface area contributed by atoms with Crippen molar-refractivity contribution in [1.82, 2.24) is 0 Å². The van der Waals surface area contributed by atoms with Crippen LogP contribution in [0.5, 0.6) is 0 Å². The van der Waals surface area contributed by atoms with E-state index in [-0.39, 0.29) is 0 Å². The highest BCUT2D eigenvalue weighted by Gasteiger charge is 2.28. The highest BCUT2D eigenvalue weighted by atomic mass is 32.2. The summed E-state index contributed by atoms with van der Waals surface area (Å²) in [5.41, 5.74) is 2.83. The number of hydrogen-bond acceptors (Lipinski definition) is 2. The van der Waals surface area contributed by atoms with Gasteiger partial charge in [-0.3, -0.25) is 4.31 Å². The lowest BCUT2D eigenvalue weighted by Crippen LogP contribution is -2.33. The second kappa shape index (κ2) is 4.80. The van der Waals surface area contributed by atoms with Crippen LogP contribution in [0.1, 0.15) is 12.5 Å². The first-order chi connectivity index (χ1) is 9.60. The van der Waals surface area contributed by atoms with Crippen LogP contribution in [0.4, 0.5) is 5.69 Å². The lowest BCUT2D eigenvalue weighted by molar-refractivity contribution is 0.592. The predicted molar refractivity (Wildman–Crippen MR) is 81.1 cm³/mol. The minimum absolute atomic E-state index is 0.322. The Hall–Kier alpha value is -2.07. The van der Waals surface area contributed by atoms with E-state index in [1.807, 2.05) is 43.3 Å². The molecule has 2 aromatic rings. The molecule has 3 rings (SSSR count). The van der Waals surface area contributed by atoms with Crippen molar-refractivity contribution in [2.75, 3.05) is 10.8 Å². The minimum Gasteiger partial charge on any atom is -0.262 e. The molecular weight excluding hydrogens is 270 g/mol. The summed E-state index contributed by atoms with van der Waals surface area (Å²) in [4.78, 5) is 0.322. The van der Waals surface area contributed by atoms with Gasteiger partial charge in [-0.05, 0) is 30.7 Å². The quantitative estimate of drug-likeness (QED) is 0.849. The number of nitrogens with zero attached hydrogens (tertiary/aromatic N) is 1. The van der Waals surface area contributed by atoms with Crippen molar-refractivity contribution >= 4 is 21.3 Å². The fraction of sp³-hybridized carbons (Fsp3) is 0.125. The second-order valence-electron chi connectivity index (χ2n) is 4.75. The van der Waals surface area contributed by atoms with E-state index in [9.17, 15) is 8.42 Å². The van der Waals surface area contributed by atoms with E-state index < -0.39 is 10.0 Å². The molecule has 0 aromatic heterocycles. The van der Waals surface area contributed by atoms with Gasteiger partial charge in [-0.1, -0.05) is 42.5 Å².